The van der Waals surface area contributed by atoms with E-state index in [2.05, 4.69) is 15.7 Å². The lowest BCUT2D eigenvalue weighted by molar-refractivity contribution is 0.183. The van der Waals surface area contributed by atoms with Gasteiger partial charge in [-0.05, 0) is 19.1 Å². The van der Waals surface area contributed by atoms with Crippen molar-refractivity contribution in [1.29, 1.82) is 0 Å². The average Bonchev–Trinajstić information content (AvgIpc) is 2.63. The molecule has 0 aliphatic rings. The predicted molar refractivity (Wildman–Crippen MR) is 64.0 cm³/mol. The van der Waals surface area contributed by atoms with Gasteiger partial charge in [0.1, 0.15) is 0 Å². The number of methoxy groups -OCH3 is 1. The highest BCUT2D eigenvalue weighted by molar-refractivity contribution is 7.80. The molecule has 0 saturated carbocycles. The van der Waals surface area contributed by atoms with Crippen LogP contribution in [0.4, 0.5) is 5.69 Å². The summed E-state index contributed by atoms with van der Waals surface area (Å²) in [5.41, 5.74) is 0.886. The minimum atomic E-state index is 0.615. The molecule has 1 aromatic heterocycles. The van der Waals surface area contributed by atoms with E-state index in [-0.39, 0.29) is 0 Å². The molecule has 1 aromatic rings. The Morgan fingerprint density at radius 1 is 1.67 bits per heavy atom. The molecule has 84 valence electrons. The standard InChI is InChI=1S/C9H16N4OS/c1-3-10-9(15)12-8-6-11-13(7-8)4-5-14-2/h6-7H,3-5H2,1-2H3,(H2,10,12,15). The lowest BCUT2D eigenvalue weighted by Crippen LogP contribution is -2.27. The van der Waals surface area contributed by atoms with Crippen molar-refractivity contribution in [2.75, 3.05) is 25.6 Å². The molecule has 0 bridgehead atoms. The topological polar surface area (TPSA) is 51.1 Å². The first-order valence-electron chi connectivity index (χ1n) is 4.82. The second-order valence-electron chi connectivity index (χ2n) is 2.97. The summed E-state index contributed by atoms with van der Waals surface area (Å²) in [4.78, 5) is 0. The summed E-state index contributed by atoms with van der Waals surface area (Å²) >= 11 is 5.05. The lowest BCUT2D eigenvalue weighted by atomic mass is 10.5. The number of hydrogen-bond donors (Lipinski definition) is 2. The van der Waals surface area contributed by atoms with E-state index in [1.165, 1.54) is 0 Å². The van der Waals surface area contributed by atoms with Crippen molar-refractivity contribution < 1.29 is 4.74 Å². The van der Waals surface area contributed by atoms with Crippen molar-refractivity contribution in [1.82, 2.24) is 15.1 Å². The first-order valence-corrected chi connectivity index (χ1v) is 5.23. The van der Waals surface area contributed by atoms with E-state index < -0.39 is 0 Å². The number of thiocarbonyl (C=S) groups is 1. The second-order valence-corrected chi connectivity index (χ2v) is 3.38. The first kappa shape index (κ1) is 11.9. The van der Waals surface area contributed by atoms with Crippen LogP contribution in [0, 0.1) is 0 Å². The Hall–Kier alpha value is -1.14. The molecule has 0 amide bonds. The van der Waals surface area contributed by atoms with E-state index in [0.717, 1.165) is 18.8 Å². The Kier molecular flexibility index (Phi) is 5.06. The van der Waals surface area contributed by atoms with Crippen LogP contribution in [-0.4, -0.2) is 35.2 Å². The zero-order valence-corrected chi connectivity index (χ0v) is 9.80. The van der Waals surface area contributed by atoms with E-state index in [0.29, 0.717) is 11.7 Å². The average molecular weight is 228 g/mol. The summed E-state index contributed by atoms with van der Waals surface area (Å²) < 4.78 is 6.76. The summed E-state index contributed by atoms with van der Waals surface area (Å²) in [5, 5.41) is 10.8. The highest BCUT2D eigenvalue weighted by Crippen LogP contribution is 2.04. The zero-order valence-electron chi connectivity index (χ0n) is 8.99. The number of rotatable bonds is 5. The van der Waals surface area contributed by atoms with Gasteiger partial charge in [0.25, 0.3) is 0 Å². The van der Waals surface area contributed by atoms with Crippen molar-refractivity contribution in [3.05, 3.63) is 12.4 Å². The van der Waals surface area contributed by atoms with Crippen LogP contribution in [0.15, 0.2) is 12.4 Å². The van der Waals surface area contributed by atoms with Gasteiger partial charge in [-0.1, -0.05) is 0 Å². The van der Waals surface area contributed by atoms with Gasteiger partial charge in [0, 0.05) is 19.9 Å². The van der Waals surface area contributed by atoms with Crippen molar-refractivity contribution in [2.45, 2.75) is 13.5 Å². The predicted octanol–water partition coefficient (Wildman–Crippen LogP) is 0.836. The minimum Gasteiger partial charge on any atom is -0.383 e. The van der Waals surface area contributed by atoms with Crippen molar-refractivity contribution in [3.8, 4) is 0 Å². The Morgan fingerprint density at radius 3 is 3.13 bits per heavy atom. The van der Waals surface area contributed by atoms with Gasteiger partial charge >= 0.3 is 0 Å². The molecule has 5 nitrogen and oxygen atoms in total. The van der Waals surface area contributed by atoms with Gasteiger partial charge in [0.2, 0.25) is 0 Å². The van der Waals surface area contributed by atoms with Crippen LogP contribution in [0.2, 0.25) is 0 Å². The van der Waals surface area contributed by atoms with Gasteiger partial charge < -0.3 is 15.4 Å². The largest absolute Gasteiger partial charge is 0.383 e. The molecule has 0 saturated heterocycles. The quantitative estimate of drug-likeness (QED) is 0.731. The van der Waals surface area contributed by atoms with Crippen LogP contribution in [0.1, 0.15) is 6.92 Å². The van der Waals surface area contributed by atoms with Crippen LogP contribution in [-0.2, 0) is 11.3 Å². The molecular formula is C9H16N4OS. The fourth-order valence-corrected chi connectivity index (χ4v) is 1.33. The molecule has 2 N–H and O–H groups in total. The fraction of sp³-hybridized carbons (Fsp3) is 0.556. The molecule has 0 atom stereocenters. The summed E-state index contributed by atoms with van der Waals surface area (Å²) in [6.07, 6.45) is 3.63. The number of aromatic nitrogens is 2. The lowest BCUT2D eigenvalue weighted by Gasteiger charge is -2.05. The van der Waals surface area contributed by atoms with Crippen LogP contribution < -0.4 is 10.6 Å². The summed E-state index contributed by atoms with van der Waals surface area (Å²) in [6, 6.07) is 0. The highest BCUT2D eigenvalue weighted by atomic mass is 32.1. The molecule has 1 rings (SSSR count). The SMILES string of the molecule is CCNC(=S)Nc1cnn(CCOC)c1. The molecular weight excluding hydrogens is 212 g/mol. The normalized spacial score (nSPS) is 10.0. The summed E-state index contributed by atoms with van der Waals surface area (Å²) in [7, 11) is 1.67. The summed E-state index contributed by atoms with van der Waals surface area (Å²) in [6.45, 7) is 4.20. The third kappa shape index (κ3) is 4.26. The maximum Gasteiger partial charge on any atom is 0.170 e. The van der Waals surface area contributed by atoms with E-state index in [9.17, 15) is 0 Å². The molecule has 6 heteroatoms. The highest BCUT2D eigenvalue weighted by Gasteiger charge is 1.99. The fourth-order valence-electron chi connectivity index (χ4n) is 1.07. The molecule has 15 heavy (non-hydrogen) atoms. The maximum absolute atomic E-state index is 5.05. The third-order valence-electron chi connectivity index (χ3n) is 1.75. The first-order chi connectivity index (χ1) is 7.26. The molecule has 1 heterocycles. The third-order valence-corrected chi connectivity index (χ3v) is 2.00. The van der Waals surface area contributed by atoms with Gasteiger partial charge in [0.05, 0.1) is 25.0 Å². The monoisotopic (exact) mass is 228 g/mol. The minimum absolute atomic E-state index is 0.615. The van der Waals surface area contributed by atoms with Gasteiger partial charge in [-0.15, -0.1) is 0 Å². The van der Waals surface area contributed by atoms with Crippen LogP contribution in [0.25, 0.3) is 0 Å². The van der Waals surface area contributed by atoms with Crippen LogP contribution >= 0.6 is 12.2 Å². The van der Waals surface area contributed by atoms with E-state index in [1.54, 1.807) is 18.0 Å². The molecule has 0 aliphatic carbocycles. The maximum atomic E-state index is 5.05. The van der Waals surface area contributed by atoms with Gasteiger partial charge in [0.15, 0.2) is 5.11 Å². The van der Waals surface area contributed by atoms with Gasteiger partial charge in [-0.2, -0.15) is 5.10 Å². The summed E-state index contributed by atoms with van der Waals surface area (Å²) in [5.74, 6) is 0. The Balaban J connectivity index is 2.42. The van der Waals surface area contributed by atoms with Crippen molar-refractivity contribution >= 4 is 23.0 Å². The van der Waals surface area contributed by atoms with Crippen molar-refractivity contribution in [3.63, 3.8) is 0 Å². The molecule has 0 spiro atoms. The smallest absolute Gasteiger partial charge is 0.170 e. The molecule has 0 unspecified atom stereocenters. The van der Waals surface area contributed by atoms with E-state index >= 15 is 0 Å². The molecule has 0 aliphatic heterocycles. The molecule has 0 radical (unpaired) electrons. The Bertz CT molecular complexity index is 313. The zero-order chi connectivity index (χ0) is 11.1. The number of nitrogens with zero attached hydrogens (tertiary/aromatic N) is 2. The van der Waals surface area contributed by atoms with E-state index in [4.69, 9.17) is 17.0 Å². The Morgan fingerprint density at radius 2 is 2.47 bits per heavy atom. The number of anilines is 1. The van der Waals surface area contributed by atoms with Gasteiger partial charge in [-0.25, -0.2) is 0 Å². The van der Waals surface area contributed by atoms with Crippen LogP contribution in [0.5, 0.6) is 0 Å². The van der Waals surface area contributed by atoms with Gasteiger partial charge in [-0.3, -0.25) is 4.68 Å². The number of ether oxygens (including phenoxy) is 1. The van der Waals surface area contributed by atoms with Crippen LogP contribution in [0.3, 0.4) is 0 Å². The molecule has 0 fully saturated rings. The number of hydrogen-bond acceptors (Lipinski definition) is 3. The number of nitrogens with one attached hydrogen (secondary N) is 2. The molecule has 0 aromatic carbocycles. The van der Waals surface area contributed by atoms with Crippen molar-refractivity contribution in [2.24, 2.45) is 0 Å². The van der Waals surface area contributed by atoms with E-state index in [1.807, 2.05) is 13.1 Å². The second kappa shape index (κ2) is 6.36. The Labute approximate surface area is 94.8 Å².